The molecule has 1 N–H and O–H groups in total. The summed E-state index contributed by atoms with van der Waals surface area (Å²) in [5.41, 5.74) is 0.0421. The number of nitrogens with one attached hydrogen (secondary N) is 1. The maximum Gasteiger partial charge on any atom is 0.258 e. The highest BCUT2D eigenvalue weighted by molar-refractivity contribution is 7.89. The van der Waals surface area contributed by atoms with Crippen molar-refractivity contribution in [2.45, 2.75) is 30.3 Å². The summed E-state index contributed by atoms with van der Waals surface area (Å²) in [6, 6.07) is 12.9. The van der Waals surface area contributed by atoms with Crippen molar-refractivity contribution in [3.05, 3.63) is 54.1 Å². The zero-order valence-corrected chi connectivity index (χ0v) is 18.8. The molecule has 2 aliphatic rings. The molecule has 3 amide bonds. The number of nitrogens with zero attached hydrogens (tertiary/aromatic N) is 3. The smallest absolute Gasteiger partial charge is 0.258 e. The summed E-state index contributed by atoms with van der Waals surface area (Å²) in [7, 11) is -0.971. The number of amides is 3. The van der Waals surface area contributed by atoms with E-state index >= 15 is 0 Å². The lowest BCUT2D eigenvalue weighted by Gasteiger charge is -2.48. The van der Waals surface area contributed by atoms with Crippen LogP contribution in [0.15, 0.2) is 53.4 Å². The Bertz CT molecular complexity index is 1230. The van der Waals surface area contributed by atoms with Crippen molar-refractivity contribution < 1.29 is 22.8 Å². The van der Waals surface area contributed by atoms with Gasteiger partial charge in [0.05, 0.1) is 16.9 Å². The summed E-state index contributed by atoms with van der Waals surface area (Å²) in [5, 5.41) is 2.63. The van der Waals surface area contributed by atoms with E-state index in [1.807, 2.05) is 0 Å². The number of carbonyl (C=O) groups is 3. The molecule has 32 heavy (non-hydrogen) atoms. The van der Waals surface area contributed by atoms with Crippen LogP contribution in [0.3, 0.4) is 0 Å². The van der Waals surface area contributed by atoms with E-state index < -0.39 is 21.6 Å². The monoisotopic (exact) mass is 456 g/mol. The average Bonchev–Trinajstić information content (AvgIpc) is 3.06. The second-order valence-corrected chi connectivity index (χ2v) is 10.3. The van der Waals surface area contributed by atoms with Crippen molar-refractivity contribution in [3.63, 3.8) is 0 Å². The molecule has 0 aliphatic carbocycles. The Hall–Kier alpha value is -3.24. The minimum absolute atomic E-state index is 0.0439. The third-order valence-electron chi connectivity index (χ3n) is 5.97. The number of carbonyl (C=O) groups excluding carboxylic acids is 3. The average molecular weight is 457 g/mol. The Kier molecular flexibility index (Phi) is 5.30. The number of anilines is 2. The van der Waals surface area contributed by atoms with Crippen LogP contribution in [0, 0.1) is 0 Å². The van der Waals surface area contributed by atoms with Crippen LogP contribution in [-0.2, 0) is 19.6 Å². The van der Waals surface area contributed by atoms with Gasteiger partial charge in [-0.1, -0.05) is 24.3 Å². The predicted molar refractivity (Wildman–Crippen MR) is 119 cm³/mol. The van der Waals surface area contributed by atoms with E-state index in [-0.39, 0.29) is 35.4 Å². The van der Waals surface area contributed by atoms with Gasteiger partial charge in [-0.2, -0.15) is 0 Å². The van der Waals surface area contributed by atoms with Gasteiger partial charge in [0.25, 0.3) is 5.91 Å². The van der Waals surface area contributed by atoms with E-state index in [0.717, 1.165) is 4.31 Å². The minimum Gasteiger partial charge on any atom is -0.323 e. The number of hydrogen-bond acceptors (Lipinski definition) is 5. The molecule has 0 saturated carbocycles. The zero-order chi connectivity index (χ0) is 23.3. The van der Waals surface area contributed by atoms with Crippen LogP contribution in [0.25, 0.3) is 0 Å². The van der Waals surface area contributed by atoms with Crippen molar-refractivity contribution in [3.8, 4) is 0 Å². The first-order valence-corrected chi connectivity index (χ1v) is 11.6. The van der Waals surface area contributed by atoms with E-state index in [0.29, 0.717) is 17.7 Å². The first-order chi connectivity index (χ1) is 15.1. The van der Waals surface area contributed by atoms with Crippen molar-refractivity contribution in [1.29, 1.82) is 0 Å². The molecule has 4 rings (SSSR count). The normalized spacial score (nSPS) is 20.4. The van der Waals surface area contributed by atoms with E-state index in [1.165, 1.54) is 31.1 Å². The number of benzene rings is 2. The third-order valence-corrected chi connectivity index (χ3v) is 7.84. The van der Waals surface area contributed by atoms with Crippen LogP contribution in [0.4, 0.5) is 11.4 Å². The number of hydrogen-bond donors (Lipinski definition) is 1. The summed E-state index contributed by atoms with van der Waals surface area (Å²) in [6.45, 7) is 1.44. The number of fused-ring (bicyclic) bond motifs is 3. The molecule has 10 heteroatoms. The minimum atomic E-state index is -3.79. The maximum absolute atomic E-state index is 13.3. The highest BCUT2D eigenvalue weighted by Gasteiger charge is 2.53. The van der Waals surface area contributed by atoms with Crippen LogP contribution in [-0.4, -0.2) is 61.6 Å². The van der Waals surface area contributed by atoms with E-state index in [2.05, 4.69) is 5.32 Å². The molecule has 0 radical (unpaired) electrons. The molecule has 0 bridgehead atoms. The van der Waals surface area contributed by atoms with Gasteiger partial charge in [-0.25, -0.2) is 12.7 Å². The molecule has 9 nitrogen and oxygen atoms in total. The van der Waals surface area contributed by atoms with Crippen LogP contribution in [0.2, 0.25) is 0 Å². The second-order valence-electron chi connectivity index (χ2n) is 8.19. The molecule has 1 unspecified atom stereocenters. The van der Waals surface area contributed by atoms with Crippen LogP contribution < -0.4 is 10.2 Å². The summed E-state index contributed by atoms with van der Waals surface area (Å²) >= 11 is 0. The largest absolute Gasteiger partial charge is 0.323 e. The zero-order valence-electron chi connectivity index (χ0n) is 18.0. The Balaban J connectivity index is 1.65. The summed E-state index contributed by atoms with van der Waals surface area (Å²) in [5.74, 6) is -1.02. The highest BCUT2D eigenvalue weighted by atomic mass is 32.2. The number of para-hydroxylation sites is 2. The molecular weight excluding hydrogens is 432 g/mol. The molecule has 2 aromatic carbocycles. The van der Waals surface area contributed by atoms with Crippen LogP contribution in [0.1, 0.15) is 30.1 Å². The van der Waals surface area contributed by atoms with Gasteiger partial charge in [0, 0.05) is 20.5 Å². The Morgan fingerprint density at radius 3 is 2.47 bits per heavy atom. The fourth-order valence-electron chi connectivity index (χ4n) is 4.27. The van der Waals surface area contributed by atoms with Crippen LogP contribution >= 0.6 is 0 Å². The van der Waals surface area contributed by atoms with Gasteiger partial charge in [0.15, 0.2) is 0 Å². The van der Waals surface area contributed by atoms with E-state index in [4.69, 9.17) is 0 Å². The molecule has 1 fully saturated rings. The fourth-order valence-corrected chi connectivity index (χ4v) is 5.31. The lowest BCUT2D eigenvalue weighted by Crippen LogP contribution is -2.63. The molecular formula is C22H24N4O5S. The Morgan fingerprint density at radius 1 is 1.09 bits per heavy atom. The number of rotatable bonds is 5. The summed E-state index contributed by atoms with van der Waals surface area (Å²) in [4.78, 5) is 41.8. The van der Waals surface area contributed by atoms with E-state index in [9.17, 15) is 22.8 Å². The summed E-state index contributed by atoms with van der Waals surface area (Å²) < 4.78 is 26.3. The van der Waals surface area contributed by atoms with Crippen LogP contribution in [0.5, 0.6) is 0 Å². The molecule has 2 heterocycles. The summed E-state index contributed by atoms with van der Waals surface area (Å²) in [6.07, 6.45) is 0.658. The third kappa shape index (κ3) is 3.35. The molecule has 1 saturated heterocycles. The quantitative estimate of drug-likeness (QED) is 0.739. The second kappa shape index (κ2) is 7.72. The van der Waals surface area contributed by atoms with Crippen molar-refractivity contribution in [1.82, 2.24) is 9.21 Å². The van der Waals surface area contributed by atoms with Gasteiger partial charge in [-0.05, 0) is 37.6 Å². The SMILES string of the molecule is CN(C)S(=O)(=O)c1ccccc1NC(=O)CN1C(=O)c2ccccc2N2C(=O)CCC12C. The lowest BCUT2D eigenvalue weighted by atomic mass is 9.98. The molecule has 1 atom stereocenters. The lowest BCUT2D eigenvalue weighted by molar-refractivity contribution is -0.120. The molecule has 2 aliphatic heterocycles. The fraction of sp³-hybridized carbons (Fsp3) is 0.318. The van der Waals surface area contributed by atoms with Gasteiger partial charge in [0.2, 0.25) is 21.8 Å². The van der Waals surface area contributed by atoms with Crippen molar-refractivity contribution >= 4 is 39.1 Å². The molecule has 2 aromatic rings. The highest BCUT2D eigenvalue weighted by Crippen LogP contribution is 2.43. The molecule has 0 aromatic heterocycles. The van der Waals surface area contributed by atoms with Gasteiger partial charge in [-0.3, -0.25) is 19.3 Å². The maximum atomic E-state index is 13.3. The Labute approximate surface area is 186 Å². The molecule has 0 spiro atoms. The molecule has 168 valence electrons. The standard InChI is InChI=1S/C22H24N4O5S/c1-22-13-12-20(28)26(22)17-10-6-4-8-15(17)21(29)25(22)14-19(27)23-16-9-5-7-11-18(16)32(30,31)24(2)3/h4-11H,12-14H2,1-3H3,(H,23,27). The Morgan fingerprint density at radius 2 is 1.75 bits per heavy atom. The van der Waals surface area contributed by atoms with Gasteiger partial charge in [0.1, 0.15) is 17.1 Å². The van der Waals surface area contributed by atoms with Gasteiger partial charge in [-0.15, -0.1) is 0 Å². The van der Waals surface area contributed by atoms with Gasteiger partial charge < -0.3 is 10.2 Å². The topological polar surface area (TPSA) is 107 Å². The first kappa shape index (κ1) is 22.0. The van der Waals surface area contributed by atoms with Gasteiger partial charge >= 0.3 is 0 Å². The predicted octanol–water partition coefficient (Wildman–Crippen LogP) is 1.87. The number of sulfonamides is 1. The van der Waals surface area contributed by atoms with Crippen molar-refractivity contribution in [2.75, 3.05) is 30.9 Å². The van der Waals surface area contributed by atoms with Crippen molar-refractivity contribution in [2.24, 2.45) is 0 Å². The first-order valence-electron chi connectivity index (χ1n) is 10.1. The van der Waals surface area contributed by atoms with E-state index in [1.54, 1.807) is 48.2 Å².